The molecular weight excluding hydrogens is 384 g/mol. The number of fused-ring (bicyclic) bond motifs is 1. The molecule has 0 radical (unpaired) electrons. The third kappa shape index (κ3) is 4.51. The molecule has 0 saturated carbocycles. The molecule has 3 rings (SSSR count). The molecule has 0 aliphatic rings. The van der Waals surface area contributed by atoms with E-state index < -0.39 is 11.9 Å². The van der Waals surface area contributed by atoms with E-state index in [1.807, 2.05) is 18.2 Å². The Morgan fingerprint density at radius 2 is 1.87 bits per heavy atom. The number of nitrogens with one attached hydrogen (secondary N) is 1. The van der Waals surface area contributed by atoms with Crippen LogP contribution in [0.5, 0.6) is 5.75 Å². The SMILES string of the molecule is CCOC(=O)c1cnc2ccc(C(=O)OC(C)C)cc2c1Nc1ccccc1OC. The molecule has 0 saturated heterocycles. The first kappa shape index (κ1) is 21.1. The normalized spacial score (nSPS) is 10.7. The Morgan fingerprint density at radius 1 is 1.10 bits per heavy atom. The first-order valence-electron chi connectivity index (χ1n) is 9.65. The summed E-state index contributed by atoms with van der Waals surface area (Å²) in [6.07, 6.45) is 1.22. The van der Waals surface area contributed by atoms with Gasteiger partial charge in [0.15, 0.2) is 0 Å². The van der Waals surface area contributed by atoms with Gasteiger partial charge >= 0.3 is 11.9 Å². The maximum absolute atomic E-state index is 12.6. The first-order valence-corrected chi connectivity index (χ1v) is 9.65. The number of carbonyl (C=O) groups excluding carboxylic acids is 2. The highest BCUT2D eigenvalue weighted by Gasteiger charge is 2.20. The van der Waals surface area contributed by atoms with Gasteiger partial charge in [0.05, 0.1) is 42.3 Å². The van der Waals surface area contributed by atoms with E-state index in [1.165, 1.54) is 6.20 Å². The van der Waals surface area contributed by atoms with Crippen molar-refractivity contribution in [3.05, 3.63) is 59.8 Å². The molecule has 0 atom stereocenters. The lowest BCUT2D eigenvalue weighted by Gasteiger charge is -2.16. The molecule has 7 heteroatoms. The van der Waals surface area contributed by atoms with E-state index in [1.54, 1.807) is 52.1 Å². The van der Waals surface area contributed by atoms with E-state index in [-0.39, 0.29) is 18.3 Å². The van der Waals surface area contributed by atoms with Gasteiger partial charge in [-0.25, -0.2) is 9.59 Å². The number of nitrogens with zero attached hydrogens (tertiary/aromatic N) is 1. The lowest BCUT2D eigenvalue weighted by molar-refractivity contribution is 0.0377. The molecule has 3 aromatic rings. The van der Waals surface area contributed by atoms with Crippen LogP contribution < -0.4 is 10.1 Å². The second-order valence-electron chi connectivity index (χ2n) is 6.78. The van der Waals surface area contributed by atoms with Crippen LogP contribution in [-0.2, 0) is 9.47 Å². The van der Waals surface area contributed by atoms with Gasteiger partial charge in [-0.2, -0.15) is 0 Å². The van der Waals surface area contributed by atoms with Gasteiger partial charge in [-0.05, 0) is 51.1 Å². The molecule has 30 heavy (non-hydrogen) atoms. The van der Waals surface area contributed by atoms with E-state index >= 15 is 0 Å². The van der Waals surface area contributed by atoms with Gasteiger partial charge < -0.3 is 19.5 Å². The first-order chi connectivity index (χ1) is 14.4. The summed E-state index contributed by atoms with van der Waals surface area (Å²) in [6.45, 7) is 5.54. The standard InChI is InChI=1S/C23H24N2O5/c1-5-29-23(27)17-13-24-18-11-10-15(22(26)30-14(2)3)12-16(18)21(17)25-19-8-6-7-9-20(19)28-4/h6-14H,5H2,1-4H3,(H,24,25). The lowest BCUT2D eigenvalue weighted by atomic mass is 10.1. The third-order valence-electron chi connectivity index (χ3n) is 4.31. The predicted octanol–water partition coefficient (Wildman–Crippen LogP) is 4.73. The predicted molar refractivity (Wildman–Crippen MR) is 115 cm³/mol. The number of benzene rings is 2. The van der Waals surface area contributed by atoms with Crippen LogP contribution in [0.1, 0.15) is 41.5 Å². The van der Waals surface area contributed by atoms with Gasteiger partial charge in [0, 0.05) is 11.6 Å². The summed E-state index contributed by atoms with van der Waals surface area (Å²) >= 11 is 0. The van der Waals surface area contributed by atoms with Crippen molar-refractivity contribution < 1.29 is 23.8 Å². The Kier molecular flexibility index (Phi) is 6.51. The topological polar surface area (TPSA) is 86.8 Å². The number of anilines is 2. The summed E-state index contributed by atoms with van der Waals surface area (Å²) < 4.78 is 15.9. The Hall–Kier alpha value is -3.61. The number of carbonyl (C=O) groups is 2. The minimum Gasteiger partial charge on any atom is -0.495 e. The van der Waals surface area contributed by atoms with E-state index in [0.29, 0.717) is 33.6 Å². The fourth-order valence-electron chi connectivity index (χ4n) is 2.98. The average molecular weight is 408 g/mol. The highest BCUT2D eigenvalue weighted by Crippen LogP contribution is 2.34. The Balaban J connectivity index is 2.18. The van der Waals surface area contributed by atoms with Crippen molar-refractivity contribution in [2.75, 3.05) is 19.0 Å². The van der Waals surface area contributed by atoms with Crippen molar-refractivity contribution in [2.24, 2.45) is 0 Å². The molecule has 0 spiro atoms. The van der Waals surface area contributed by atoms with Crippen molar-refractivity contribution in [1.82, 2.24) is 4.98 Å². The molecule has 0 aliphatic heterocycles. The van der Waals surface area contributed by atoms with Crippen LogP contribution in [0, 0.1) is 0 Å². The second kappa shape index (κ2) is 9.26. The van der Waals surface area contributed by atoms with Crippen LogP contribution in [0.3, 0.4) is 0 Å². The largest absolute Gasteiger partial charge is 0.495 e. The van der Waals surface area contributed by atoms with Crippen LogP contribution in [0.15, 0.2) is 48.7 Å². The molecule has 0 aliphatic carbocycles. The lowest BCUT2D eigenvalue weighted by Crippen LogP contribution is -2.12. The smallest absolute Gasteiger partial charge is 0.341 e. The minimum absolute atomic E-state index is 0.228. The van der Waals surface area contributed by atoms with E-state index in [2.05, 4.69) is 10.3 Å². The Labute approximate surface area is 175 Å². The molecular formula is C23H24N2O5. The van der Waals surface area contributed by atoms with E-state index in [4.69, 9.17) is 14.2 Å². The molecule has 156 valence electrons. The van der Waals surface area contributed by atoms with Crippen LogP contribution in [-0.4, -0.2) is 36.7 Å². The van der Waals surface area contributed by atoms with Crippen LogP contribution >= 0.6 is 0 Å². The number of rotatable bonds is 7. The molecule has 7 nitrogen and oxygen atoms in total. The molecule has 1 N–H and O–H groups in total. The number of pyridine rings is 1. The number of para-hydroxylation sites is 2. The van der Waals surface area contributed by atoms with Crippen LogP contribution in [0.2, 0.25) is 0 Å². The number of hydrogen-bond donors (Lipinski definition) is 1. The summed E-state index contributed by atoms with van der Waals surface area (Å²) in [5.74, 6) is -0.358. The number of methoxy groups -OCH3 is 1. The number of hydrogen-bond acceptors (Lipinski definition) is 7. The van der Waals surface area contributed by atoms with Crippen molar-refractivity contribution >= 4 is 34.2 Å². The summed E-state index contributed by atoms with van der Waals surface area (Å²) in [5.41, 5.74) is 2.36. The van der Waals surface area contributed by atoms with Crippen molar-refractivity contribution in [3.63, 3.8) is 0 Å². The van der Waals surface area contributed by atoms with E-state index in [9.17, 15) is 9.59 Å². The molecule has 0 amide bonds. The number of ether oxygens (including phenoxy) is 3. The van der Waals surface area contributed by atoms with Gasteiger partial charge in [0.25, 0.3) is 0 Å². The Bertz CT molecular complexity index is 1080. The molecule has 1 aromatic heterocycles. The second-order valence-corrected chi connectivity index (χ2v) is 6.78. The minimum atomic E-state index is -0.514. The summed E-state index contributed by atoms with van der Waals surface area (Å²) in [5, 5.41) is 3.85. The van der Waals surface area contributed by atoms with Crippen LogP contribution in [0.25, 0.3) is 10.9 Å². The fraction of sp³-hybridized carbons (Fsp3) is 0.261. The van der Waals surface area contributed by atoms with Crippen molar-refractivity contribution in [2.45, 2.75) is 26.9 Å². The zero-order valence-corrected chi connectivity index (χ0v) is 17.4. The third-order valence-corrected chi connectivity index (χ3v) is 4.31. The monoisotopic (exact) mass is 408 g/mol. The van der Waals surface area contributed by atoms with Gasteiger partial charge in [-0.15, -0.1) is 0 Å². The van der Waals surface area contributed by atoms with Gasteiger partial charge in [0.1, 0.15) is 11.3 Å². The van der Waals surface area contributed by atoms with Crippen LogP contribution in [0.4, 0.5) is 11.4 Å². The van der Waals surface area contributed by atoms with E-state index in [0.717, 1.165) is 0 Å². The Morgan fingerprint density at radius 3 is 2.57 bits per heavy atom. The van der Waals surface area contributed by atoms with Gasteiger partial charge in [0.2, 0.25) is 0 Å². The average Bonchev–Trinajstić information content (AvgIpc) is 2.73. The molecule has 0 bridgehead atoms. The maximum atomic E-state index is 12.6. The quantitative estimate of drug-likeness (QED) is 0.566. The van der Waals surface area contributed by atoms with Crippen molar-refractivity contribution in [3.8, 4) is 5.75 Å². The fourth-order valence-corrected chi connectivity index (χ4v) is 2.98. The zero-order chi connectivity index (χ0) is 21.7. The van der Waals surface area contributed by atoms with Gasteiger partial charge in [-0.1, -0.05) is 12.1 Å². The number of esters is 2. The maximum Gasteiger partial charge on any atom is 0.341 e. The molecule has 2 aromatic carbocycles. The molecule has 0 unspecified atom stereocenters. The van der Waals surface area contributed by atoms with Gasteiger partial charge in [-0.3, -0.25) is 4.98 Å². The summed E-state index contributed by atoms with van der Waals surface area (Å²) in [7, 11) is 1.57. The highest BCUT2D eigenvalue weighted by molar-refractivity contribution is 6.08. The van der Waals surface area contributed by atoms with Crippen molar-refractivity contribution in [1.29, 1.82) is 0 Å². The molecule has 1 heterocycles. The summed E-state index contributed by atoms with van der Waals surface area (Å²) in [6, 6.07) is 12.4. The zero-order valence-electron chi connectivity index (χ0n) is 17.4. The molecule has 0 fully saturated rings. The number of aromatic nitrogens is 1. The highest BCUT2D eigenvalue weighted by atomic mass is 16.5. The summed E-state index contributed by atoms with van der Waals surface area (Å²) in [4.78, 5) is 29.4.